The molecule has 0 aliphatic carbocycles. The number of aliphatic hydroxyl groups is 1. The van der Waals surface area contributed by atoms with Crippen LogP contribution in [0, 0.1) is 11.8 Å². The van der Waals surface area contributed by atoms with Crippen LogP contribution in [0.5, 0.6) is 0 Å². The zero-order valence-corrected chi connectivity index (χ0v) is 12.2. The van der Waals surface area contributed by atoms with Gasteiger partial charge in [0, 0.05) is 17.9 Å². The van der Waals surface area contributed by atoms with Gasteiger partial charge >= 0.3 is 0 Å². The van der Waals surface area contributed by atoms with Gasteiger partial charge in [0.25, 0.3) is 0 Å². The number of rotatable bonds is 4. The molecule has 1 atom stereocenters. The van der Waals surface area contributed by atoms with Crippen LogP contribution in [0.25, 0.3) is 0 Å². The Bertz CT molecular complexity index is 495. The van der Waals surface area contributed by atoms with E-state index in [1.165, 1.54) is 0 Å². The molecule has 2 N–H and O–H groups in total. The summed E-state index contributed by atoms with van der Waals surface area (Å²) in [5.41, 5.74) is 0. The van der Waals surface area contributed by atoms with Gasteiger partial charge in [-0.25, -0.2) is 0 Å². The first kappa shape index (κ1) is 15.0. The number of hydrogen-bond acceptors (Lipinski definition) is 4. The number of hydrogen-bond donors (Lipinski definition) is 2. The molecule has 108 valence electrons. The maximum atomic E-state index is 11.9. The summed E-state index contributed by atoms with van der Waals surface area (Å²) in [6.07, 6.45) is 3.12. The Balaban J connectivity index is 1.79. The fraction of sp³-hybridized carbons (Fsp3) is 0.533. The van der Waals surface area contributed by atoms with Crippen molar-refractivity contribution in [3.8, 4) is 11.8 Å². The van der Waals surface area contributed by atoms with Crippen molar-refractivity contribution in [1.29, 1.82) is 0 Å². The van der Waals surface area contributed by atoms with Gasteiger partial charge in [0.1, 0.15) is 6.10 Å². The number of carbonyl (C=O) groups is 1. The minimum atomic E-state index is -0.285. The van der Waals surface area contributed by atoms with Crippen molar-refractivity contribution in [2.75, 3.05) is 13.2 Å². The quantitative estimate of drug-likeness (QED) is 0.830. The summed E-state index contributed by atoms with van der Waals surface area (Å²) < 4.78 is 5.44. The molecular weight excluding hydrogens is 274 g/mol. The van der Waals surface area contributed by atoms with Crippen molar-refractivity contribution in [2.45, 2.75) is 38.3 Å². The SMILES string of the molecule is O=C(NCc1ccc(C#CCCO)s1)C1CCCCO1. The van der Waals surface area contributed by atoms with Crippen LogP contribution in [0.2, 0.25) is 0 Å². The number of nitrogens with one attached hydrogen (secondary N) is 1. The first-order valence-corrected chi connectivity index (χ1v) is 7.69. The van der Waals surface area contributed by atoms with Gasteiger partial charge in [-0.2, -0.15) is 0 Å². The van der Waals surface area contributed by atoms with E-state index in [1.54, 1.807) is 11.3 Å². The van der Waals surface area contributed by atoms with Crippen molar-refractivity contribution >= 4 is 17.2 Å². The van der Waals surface area contributed by atoms with Crippen LogP contribution < -0.4 is 5.32 Å². The Morgan fingerprint density at radius 1 is 1.50 bits per heavy atom. The highest BCUT2D eigenvalue weighted by molar-refractivity contribution is 7.12. The monoisotopic (exact) mass is 293 g/mol. The summed E-state index contributed by atoms with van der Waals surface area (Å²) >= 11 is 1.56. The van der Waals surface area contributed by atoms with E-state index < -0.39 is 0 Å². The molecule has 0 radical (unpaired) electrons. The second-order valence-corrected chi connectivity index (χ2v) is 5.78. The number of carbonyl (C=O) groups excluding carboxylic acids is 1. The van der Waals surface area contributed by atoms with Gasteiger partial charge in [-0.1, -0.05) is 11.8 Å². The van der Waals surface area contributed by atoms with Gasteiger partial charge in [0.15, 0.2) is 0 Å². The summed E-state index contributed by atoms with van der Waals surface area (Å²) in [7, 11) is 0. The topological polar surface area (TPSA) is 58.6 Å². The molecule has 0 spiro atoms. The molecule has 0 bridgehead atoms. The first-order valence-electron chi connectivity index (χ1n) is 6.87. The Morgan fingerprint density at radius 3 is 3.15 bits per heavy atom. The summed E-state index contributed by atoms with van der Waals surface area (Å²) in [6, 6.07) is 3.91. The molecule has 1 fully saturated rings. The minimum Gasteiger partial charge on any atom is -0.395 e. The summed E-state index contributed by atoms with van der Waals surface area (Å²) in [5, 5.41) is 11.6. The molecule has 1 aliphatic heterocycles. The third-order valence-corrected chi connectivity index (χ3v) is 4.02. The molecule has 1 aromatic rings. The van der Waals surface area contributed by atoms with Gasteiger partial charge in [0.05, 0.1) is 18.0 Å². The predicted molar refractivity (Wildman–Crippen MR) is 78.3 cm³/mol. The number of ether oxygens (including phenoxy) is 1. The molecular formula is C15H19NO3S. The average Bonchev–Trinajstić information content (AvgIpc) is 2.94. The third-order valence-electron chi connectivity index (χ3n) is 3.02. The van der Waals surface area contributed by atoms with Crippen molar-refractivity contribution in [3.05, 3.63) is 21.9 Å². The molecule has 1 aromatic heterocycles. The highest BCUT2D eigenvalue weighted by atomic mass is 32.1. The molecule has 5 heteroatoms. The smallest absolute Gasteiger partial charge is 0.249 e. The molecule has 1 amide bonds. The van der Waals surface area contributed by atoms with Crippen LogP contribution in [0.1, 0.15) is 35.4 Å². The fourth-order valence-corrected chi connectivity index (χ4v) is 2.80. The van der Waals surface area contributed by atoms with E-state index in [0.717, 1.165) is 29.0 Å². The van der Waals surface area contributed by atoms with Gasteiger partial charge < -0.3 is 15.2 Å². The van der Waals surface area contributed by atoms with Crippen LogP contribution in [0.3, 0.4) is 0 Å². The van der Waals surface area contributed by atoms with Gasteiger partial charge in [-0.05, 0) is 31.4 Å². The lowest BCUT2D eigenvalue weighted by molar-refractivity contribution is -0.135. The number of thiophene rings is 1. The van der Waals surface area contributed by atoms with E-state index in [-0.39, 0.29) is 18.6 Å². The molecule has 0 saturated carbocycles. The van der Waals surface area contributed by atoms with E-state index in [2.05, 4.69) is 17.2 Å². The Labute approximate surface area is 123 Å². The molecule has 1 aliphatic rings. The van der Waals surface area contributed by atoms with E-state index in [1.807, 2.05) is 12.1 Å². The van der Waals surface area contributed by atoms with Gasteiger partial charge in [-0.3, -0.25) is 4.79 Å². The summed E-state index contributed by atoms with van der Waals surface area (Å²) in [5.74, 6) is 5.85. The molecule has 20 heavy (non-hydrogen) atoms. The lowest BCUT2D eigenvalue weighted by atomic mass is 10.1. The number of aliphatic hydroxyl groups excluding tert-OH is 1. The number of amides is 1. The van der Waals surface area contributed by atoms with Crippen LogP contribution in [-0.2, 0) is 16.1 Å². The second-order valence-electron chi connectivity index (χ2n) is 4.61. The highest BCUT2D eigenvalue weighted by Gasteiger charge is 2.21. The highest BCUT2D eigenvalue weighted by Crippen LogP contribution is 2.16. The maximum Gasteiger partial charge on any atom is 0.249 e. The Kier molecular flexibility index (Phi) is 6.06. The lowest BCUT2D eigenvalue weighted by Gasteiger charge is -2.21. The molecule has 2 heterocycles. The molecule has 1 unspecified atom stereocenters. The Hall–Kier alpha value is -1.35. The first-order chi connectivity index (χ1) is 9.79. The zero-order valence-electron chi connectivity index (χ0n) is 11.4. The normalized spacial score (nSPS) is 18.1. The molecule has 0 aromatic carbocycles. The van der Waals surface area contributed by atoms with E-state index >= 15 is 0 Å². The van der Waals surface area contributed by atoms with E-state index in [4.69, 9.17) is 9.84 Å². The van der Waals surface area contributed by atoms with Crippen LogP contribution in [0.4, 0.5) is 0 Å². The van der Waals surface area contributed by atoms with Crippen LogP contribution in [0.15, 0.2) is 12.1 Å². The third kappa shape index (κ3) is 4.64. The van der Waals surface area contributed by atoms with Gasteiger partial charge in [-0.15, -0.1) is 11.3 Å². The van der Waals surface area contributed by atoms with E-state index in [0.29, 0.717) is 19.6 Å². The average molecular weight is 293 g/mol. The largest absolute Gasteiger partial charge is 0.395 e. The van der Waals surface area contributed by atoms with Crippen LogP contribution >= 0.6 is 11.3 Å². The van der Waals surface area contributed by atoms with Crippen molar-refractivity contribution in [1.82, 2.24) is 5.32 Å². The van der Waals surface area contributed by atoms with Crippen molar-refractivity contribution in [3.63, 3.8) is 0 Å². The summed E-state index contributed by atoms with van der Waals surface area (Å²) in [6.45, 7) is 1.29. The standard InChI is InChI=1S/C15H19NO3S/c17-9-3-1-5-12-7-8-13(20-12)11-16-15(18)14-6-2-4-10-19-14/h7-8,14,17H,2-4,6,9-11H2,(H,16,18). The molecule has 2 rings (SSSR count). The maximum absolute atomic E-state index is 11.9. The Morgan fingerprint density at radius 2 is 2.40 bits per heavy atom. The minimum absolute atomic E-state index is 0.0222. The van der Waals surface area contributed by atoms with E-state index in [9.17, 15) is 4.79 Å². The van der Waals surface area contributed by atoms with Crippen LogP contribution in [-0.4, -0.2) is 30.3 Å². The lowest BCUT2D eigenvalue weighted by Crippen LogP contribution is -2.37. The zero-order chi connectivity index (χ0) is 14.2. The fourth-order valence-electron chi connectivity index (χ4n) is 1.98. The molecule has 1 saturated heterocycles. The summed E-state index contributed by atoms with van der Waals surface area (Å²) in [4.78, 5) is 13.9. The second kappa shape index (κ2) is 8.05. The van der Waals surface area contributed by atoms with Crippen molar-refractivity contribution in [2.24, 2.45) is 0 Å². The predicted octanol–water partition coefficient (Wildman–Crippen LogP) is 1.67. The van der Waals surface area contributed by atoms with Crippen molar-refractivity contribution < 1.29 is 14.6 Å². The van der Waals surface area contributed by atoms with Gasteiger partial charge in [0.2, 0.25) is 5.91 Å². The molecule has 4 nitrogen and oxygen atoms in total.